The highest BCUT2D eigenvalue weighted by molar-refractivity contribution is 6.38. The quantitative estimate of drug-likeness (QED) is 0.430. The van der Waals surface area contributed by atoms with Crippen molar-refractivity contribution in [3.63, 3.8) is 0 Å². The predicted octanol–water partition coefficient (Wildman–Crippen LogP) is 2.01. The molecule has 0 aromatic heterocycles. The van der Waals surface area contributed by atoms with E-state index >= 15 is 0 Å². The number of hydrogen-bond acceptors (Lipinski definition) is 6. The minimum Gasteiger partial charge on any atom is -0.444 e. The molecule has 0 aromatic carbocycles. The summed E-state index contributed by atoms with van der Waals surface area (Å²) in [5.74, 6) is -2.27. The topological polar surface area (TPSA) is 134 Å². The highest BCUT2D eigenvalue weighted by atomic mass is 16.6. The summed E-state index contributed by atoms with van der Waals surface area (Å²) in [5.41, 5.74) is -1.53. The summed E-state index contributed by atoms with van der Waals surface area (Å²) in [7, 11) is 1.37. The van der Waals surface area contributed by atoms with Gasteiger partial charge in [-0.2, -0.15) is 0 Å². The summed E-state index contributed by atoms with van der Waals surface area (Å²) in [5, 5.41) is 7.77. The normalized spacial score (nSPS) is 24.2. The summed E-state index contributed by atoms with van der Waals surface area (Å²) in [6, 6.07) is -2.71. The van der Waals surface area contributed by atoms with Crippen molar-refractivity contribution in [3.05, 3.63) is 0 Å². The molecule has 10 nitrogen and oxygen atoms in total. The number of piperidine rings is 1. The monoisotopic (exact) mass is 508 g/mol. The Morgan fingerprint density at radius 3 is 2.08 bits per heavy atom. The third-order valence-electron chi connectivity index (χ3n) is 7.20. The third kappa shape index (κ3) is 6.37. The number of ether oxygens (including phenoxy) is 1. The molecule has 204 valence electrons. The van der Waals surface area contributed by atoms with Crippen LogP contribution in [0.3, 0.4) is 0 Å². The molecule has 5 unspecified atom stereocenters. The van der Waals surface area contributed by atoms with E-state index in [1.807, 2.05) is 27.7 Å². The van der Waals surface area contributed by atoms with Gasteiger partial charge in [-0.15, -0.1) is 0 Å². The lowest BCUT2D eigenvalue weighted by Gasteiger charge is -2.38. The summed E-state index contributed by atoms with van der Waals surface area (Å²) in [6.45, 7) is 17.1. The summed E-state index contributed by atoms with van der Waals surface area (Å²) < 4.78 is 5.38. The number of ketones is 1. The minimum atomic E-state index is -0.974. The van der Waals surface area contributed by atoms with Gasteiger partial charge >= 0.3 is 6.09 Å². The van der Waals surface area contributed by atoms with Crippen molar-refractivity contribution in [3.8, 4) is 0 Å². The highest BCUT2D eigenvalue weighted by Crippen LogP contribution is 2.65. The lowest BCUT2D eigenvalue weighted by molar-refractivity contribution is -0.145. The average Bonchev–Trinajstić information content (AvgIpc) is 3.08. The first-order chi connectivity index (χ1) is 16.4. The van der Waals surface area contributed by atoms with E-state index < -0.39 is 52.8 Å². The smallest absolute Gasteiger partial charge is 0.408 e. The van der Waals surface area contributed by atoms with Crippen molar-refractivity contribution in [2.24, 2.45) is 22.7 Å². The van der Waals surface area contributed by atoms with E-state index in [2.05, 4.69) is 29.8 Å². The Bertz CT molecular complexity index is 901. The Balaban J connectivity index is 2.32. The number of nitrogens with zero attached hydrogens (tertiary/aromatic N) is 1. The van der Waals surface area contributed by atoms with Gasteiger partial charge in [-0.1, -0.05) is 48.0 Å². The van der Waals surface area contributed by atoms with Crippen molar-refractivity contribution >= 4 is 29.6 Å². The molecule has 0 spiro atoms. The molecule has 1 saturated heterocycles. The van der Waals surface area contributed by atoms with E-state index in [9.17, 15) is 24.0 Å². The highest BCUT2D eigenvalue weighted by Gasteiger charge is 2.69. The van der Waals surface area contributed by atoms with Crippen LogP contribution < -0.4 is 16.0 Å². The van der Waals surface area contributed by atoms with E-state index in [4.69, 9.17) is 4.74 Å². The number of carbonyl (C=O) groups excluding carboxylic acids is 5. The van der Waals surface area contributed by atoms with Gasteiger partial charge in [0.05, 0.1) is 6.04 Å². The van der Waals surface area contributed by atoms with Crippen LogP contribution in [0.1, 0.15) is 75.2 Å². The third-order valence-corrected chi connectivity index (χ3v) is 7.20. The SMILES string of the molecule is CCCC(NC(=O)C1C2C(CN1C(=O)C(NC(=O)OC(C)(C)C)C(C)(C)C)C2(C)C)C(=O)C(=O)NC. The van der Waals surface area contributed by atoms with Crippen molar-refractivity contribution < 1.29 is 28.7 Å². The second-order valence-corrected chi connectivity index (χ2v) is 12.6. The van der Waals surface area contributed by atoms with Crippen LogP contribution in [-0.4, -0.2) is 71.8 Å². The van der Waals surface area contributed by atoms with Crippen LogP contribution in [0.15, 0.2) is 0 Å². The molecule has 36 heavy (non-hydrogen) atoms. The Labute approximate surface area is 214 Å². The first-order valence-corrected chi connectivity index (χ1v) is 12.7. The number of Topliss-reactive ketones (excluding diaryl/α,β-unsaturated/α-hetero) is 1. The van der Waals surface area contributed by atoms with Gasteiger partial charge in [0.15, 0.2) is 0 Å². The maximum atomic E-state index is 13.8. The van der Waals surface area contributed by atoms with Gasteiger partial charge in [0, 0.05) is 13.6 Å². The number of likely N-dealkylation sites (N-methyl/N-ethyl adjacent to an activating group) is 1. The molecule has 0 radical (unpaired) electrons. The van der Waals surface area contributed by atoms with E-state index in [1.165, 1.54) is 11.9 Å². The zero-order valence-electron chi connectivity index (χ0n) is 23.4. The molecule has 1 aliphatic carbocycles. The van der Waals surface area contributed by atoms with Crippen LogP contribution in [0.25, 0.3) is 0 Å². The molecule has 0 aromatic rings. The van der Waals surface area contributed by atoms with Crippen molar-refractivity contribution in [1.82, 2.24) is 20.9 Å². The molecular formula is C26H44N4O6. The Morgan fingerprint density at radius 2 is 1.61 bits per heavy atom. The van der Waals surface area contributed by atoms with Crippen LogP contribution in [0.5, 0.6) is 0 Å². The van der Waals surface area contributed by atoms with Crippen LogP contribution in [0.4, 0.5) is 4.79 Å². The molecule has 5 atom stereocenters. The molecule has 3 N–H and O–H groups in total. The van der Waals surface area contributed by atoms with Gasteiger partial charge in [0.2, 0.25) is 17.6 Å². The molecule has 10 heteroatoms. The van der Waals surface area contributed by atoms with E-state index in [0.717, 1.165) is 0 Å². The van der Waals surface area contributed by atoms with Gasteiger partial charge in [-0.25, -0.2) is 4.79 Å². The molecule has 0 bridgehead atoms. The molecule has 1 heterocycles. The van der Waals surface area contributed by atoms with Crippen molar-refractivity contribution in [2.45, 2.75) is 98.9 Å². The van der Waals surface area contributed by atoms with Gasteiger partial charge in [0.1, 0.15) is 17.7 Å². The fourth-order valence-electron chi connectivity index (χ4n) is 5.15. The number of likely N-dealkylation sites (tertiary alicyclic amines) is 1. The van der Waals surface area contributed by atoms with Crippen LogP contribution in [0.2, 0.25) is 0 Å². The Kier molecular flexibility index (Phi) is 8.53. The van der Waals surface area contributed by atoms with Gasteiger partial charge < -0.3 is 25.6 Å². The van der Waals surface area contributed by atoms with E-state index in [1.54, 1.807) is 20.8 Å². The summed E-state index contributed by atoms with van der Waals surface area (Å²) in [4.78, 5) is 66.0. The molecule has 1 aliphatic heterocycles. The number of nitrogens with one attached hydrogen (secondary N) is 3. The predicted molar refractivity (Wildman–Crippen MR) is 135 cm³/mol. The zero-order chi connectivity index (χ0) is 27.8. The second-order valence-electron chi connectivity index (χ2n) is 12.6. The second kappa shape index (κ2) is 10.4. The van der Waals surface area contributed by atoms with Gasteiger partial charge in [-0.05, 0) is 49.9 Å². The number of hydrogen-bond donors (Lipinski definition) is 3. The molecule has 1 saturated carbocycles. The van der Waals surface area contributed by atoms with E-state index in [-0.39, 0.29) is 23.2 Å². The molecular weight excluding hydrogens is 464 g/mol. The van der Waals surface area contributed by atoms with Crippen molar-refractivity contribution in [2.75, 3.05) is 13.6 Å². The molecule has 2 fully saturated rings. The fourth-order valence-corrected chi connectivity index (χ4v) is 5.15. The summed E-state index contributed by atoms with van der Waals surface area (Å²) >= 11 is 0. The van der Waals surface area contributed by atoms with Crippen LogP contribution in [-0.2, 0) is 23.9 Å². The first kappa shape index (κ1) is 29.6. The zero-order valence-corrected chi connectivity index (χ0v) is 23.4. The lowest BCUT2D eigenvalue weighted by Crippen LogP contribution is -2.60. The molecule has 4 amide bonds. The fraction of sp³-hybridized carbons (Fsp3) is 0.808. The van der Waals surface area contributed by atoms with Crippen LogP contribution >= 0.6 is 0 Å². The van der Waals surface area contributed by atoms with Crippen molar-refractivity contribution in [1.29, 1.82) is 0 Å². The Hall–Kier alpha value is -2.65. The summed E-state index contributed by atoms with van der Waals surface area (Å²) in [6.07, 6.45) is 0.187. The number of alkyl carbamates (subject to hydrolysis) is 1. The number of amides is 4. The molecule has 2 aliphatic rings. The van der Waals surface area contributed by atoms with Gasteiger partial charge in [-0.3, -0.25) is 19.2 Å². The largest absolute Gasteiger partial charge is 0.444 e. The average molecular weight is 509 g/mol. The Morgan fingerprint density at radius 1 is 1.03 bits per heavy atom. The maximum Gasteiger partial charge on any atom is 0.408 e. The molecule has 2 rings (SSSR count). The lowest BCUT2D eigenvalue weighted by atomic mass is 9.85. The van der Waals surface area contributed by atoms with E-state index in [0.29, 0.717) is 19.4 Å². The van der Waals surface area contributed by atoms with Gasteiger partial charge in [0.25, 0.3) is 5.91 Å². The number of rotatable bonds is 8. The maximum absolute atomic E-state index is 13.8. The standard InChI is InChI=1S/C26H44N4O6/c1-11-12-15(18(31)21(33)27-10)28-20(32)17-16-14(26(16,8)9)13-30(17)22(34)19(24(2,3)4)29-23(35)36-25(5,6)7/h14-17,19H,11-13H2,1-10H3,(H,27,33)(H,28,32)(H,29,35). The van der Waals surface area contributed by atoms with Crippen LogP contribution in [0, 0.1) is 22.7 Å². The number of carbonyl (C=O) groups is 5. The number of fused-ring (bicyclic) bond motifs is 1. The first-order valence-electron chi connectivity index (χ1n) is 12.7. The minimum absolute atomic E-state index is 0.0824.